The first-order valence-electron chi connectivity index (χ1n) is 13.5. The van der Waals surface area contributed by atoms with E-state index in [1.54, 1.807) is 7.11 Å². The summed E-state index contributed by atoms with van der Waals surface area (Å²) in [6.45, 7) is 6.70. The number of aryl methyl sites for hydroxylation is 1. The van der Waals surface area contributed by atoms with Crippen molar-refractivity contribution in [1.82, 2.24) is 9.80 Å². The Bertz CT molecular complexity index is 1080. The van der Waals surface area contributed by atoms with E-state index in [1.165, 1.54) is 42.6 Å². The highest BCUT2D eigenvalue weighted by Crippen LogP contribution is 2.33. The quantitative estimate of drug-likeness (QED) is 0.320. The molecule has 2 aliphatic rings. The monoisotopic (exact) mass is 526 g/mol. The number of hydrogen-bond donors (Lipinski definition) is 0. The molecule has 2 aromatic rings. The van der Waals surface area contributed by atoms with Gasteiger partial charge in [0.05, 0.1) is 13.7 Å². The first kappa shape index (κ1) is 27.5. The number of nitrogens with zero attached hydrogens (tertiary/aromatic N) is 2. The van der Waals surface area contributed by atoms with Gasteiger partial charge in [0.1, 0.15) is 6.61 Å². The van der Waals surface area contributed by atoms with Crippen molar-refractivity contribution in [2.45, 2.75) is 71.4 Å². The lowest BCUT2D eigenvalue weighted by atomic mass is 9.88. The number of rotatable bonds is 11. The molecule has 1 atom stereocenters. The number of halogens is 1. The Morgan fingerprint density at radius 2 is 1.76 bits per heavy atom. The fourth-order valence-electron chi connectivity index (χ4n) is 5.48. The molecule has 1 unspecified atom stereocenters. The van der Waals surface area contributed by atoms with Gasteiger partial charge in [-0.2, -0.15) is 0 Å². The fourth-order valence-corrected chi connectivity index (χ4v) is 5.60. The summed E-state index contributed by atoms with van der Waals surface area (Å²) in [6, 6.07) is 12.6. The van der Waals surface area contributed by atoms with Gasteiger partial charge in [0.2, 0.25) is 11.8 Å². The standard InChI is InChI=1S/C30H39ClN2O4/c1-21-17-25(10-11-26(21)31)22(2)32(19-23-7-5-4-6-8-23)20-24-9-12-27(28(18-24)36-3)37-16-15-33-29(34)13-14-30(33)35/h9-12,17-18,22-23H,4-8,13-16,19-20H2,1-3H3. The first-order chi connectivity index (χ1) is 17.9. The Morgan fingerprint density at radius 1 is 1.03 bits per heavy atom. The molecule has 0 spiro atoms. The fraction of sp³-hybridized carbons (Fsp3) is 0.533. The average molecular weight is 527 g/mol. The SMILES string of the molecule is COc1cc(CN(CC2CCCCC2)C(C)c2ccc(Cl)c(C)c2)ccc1OCCN1C(=O)CCC1=O. The molecule has 1 aliphatic heterocycles. The van der Waals surface area contributed by atoms with Crippen molar-refractivity contribution in [3.05, 3.63) is 58.1 Å². The van der Waals surface area contributed by atoms with E-state index in [4.69, 9.17) is 21.1 Å². The highest BCUT2D eigenvalue weighted by atomic mass is 35.5. The summed E-state index contributed by atoms with van der Waals surface area (Å²) in [5, 5.41) is 0.800. The molecule has 1 heterocycles. The molecule has 0 bridgehead atoms. The van der Waals surface area contributed by atoms with Crippen LogP contribution in [-0.4, -0.2) is 48.4 Å². The summed E-state index contributed by atoms with van der Waals surface area (Å²) in [4.78, 5) is 27.5. The maximum atomic E-state index is 11.8. The van der Waals surface area contributed by atoms with Gasteiger partial charge in [0.15, 0.2) is 11.5 Å². The van der Waals surface area contributed by atoms with Gasteiger partial charge in [0.25, 0.3) is 0 Å². The lowest BCUT2D eigenvalue weighted by Crippen LogP contribution is -2.33. The van der Waals surface area contributed by atoms with E-state index < -0.39 is 0 Å². The molecule has 1 saturated heterocycles. The number of carbonyl (C=O) groups excluding carboxylic acids is 2. The summed E-state index contributed by atoms with van der Waals surface area (Å²) in [5.74, 6) is 1.73. The van der Waals surface area contributed by atoms with Gasteiger partial charge in [0, 0.05) is 37.0 Å². The summed E-state index contributed by atoms with van der Waals surface area (Å²) in [7, 11) is 1.64. The Labute approximate surface area is 225 Å². The predicted octanol–water partition coefficient (Wildman–Crippen LogP) is 6.33. The third-order valence-corrected chi connectivity index (χ3v) is 8.19. The molecule has 0 aromatic heterocycles. The minimum absolute atomic E-state index is 0.126. The van der Waals surface area contributed by atoms with Crippen molar-refractivity contribution in [1.29, 1.82) is 0 Å². The summed E-state index contributed by atoms with van der Waals surface area (Å²) in [6.07, 6.45) is 7.16. The van der Waals surface area contributed by atoms with Gasteiger partial charge in [-0.05, 0) is 67.5 Å². The molecule has 7 heteroatoms. The lowest BCUT2D eigenvalue weighted by molar-refractivity contribution is -0.138. The second-order valence-electron chi connectivity index (χ2n) is 10.4. The number of ether oxygens (including phenoxy) is 2. The highest BCUT2D eigenvalue weighted by molar-refractivity contribution is 6.31. The Kier molecular flexibility index (Phi) is 9.49. The third-order valence-electron chi connectivity index (χ3n) is 7.77. The average Bonchev–Trinajstić information content (AvgIpc) is 3.23. The zero-order valence-corrected chi connectivity index (χ0v) is 23.1. The summed E-state index contributed by atoms with van der Waals surface area (Å²) < 4.78 is 11.6. The van der Waals surface area contributed by atoms with Crippen LogP contribution in [0.4, 0.5) is 0 Å². The van der Waals surface area contributed by atoms with E-state index in [2.05, 4.69) is 36.9 Å². The Hall–Kier alpha value is -2.57. The van der Waals surface area contributed by atoms with Crippen LogP contribution >= 0.6 is 11.6 Å². The maximum absolute atomic E-state index is 11.8. The van der Waals surface area contributed by atoms with E-state index in [1.807, 2.05) is 18.2 Å². The molecule has 6 nitrogen and oxygen atoms in total. The second kappa shape index (κ2) is 12.8. The van der Waals surface area contributed by atoms with Gasteiger partial charge in [-0.1, -0.05) is 49.1 Å². The topological polar surface area (TPSA) is 59.1 Å². The van der Waals surface area contributed by atoms with Crippen molar-refractivity contribution in [3.63, 3.8) is 0 Å². The van der Waals surface area contributed by atoms with Crippen molar-refractivity contribution in [3.8, 4) is 11.5 Å². The van der Waals surface area contributed by atoms with Gasteiger partial charge < -0.3 is 9.47 Å². The van der Waals surface area contributed by atoms with Crippen molar-refractivity contribution < 1.29 is 19.1 Å². The summed E-state index contributed by atoms with van der Waals surface area (Å²) in [5.41, 5.74) is 3.53. The molecule has 37 heavy (non-hydrogen) atoms. The number of amides is 2. The number of methoxy groups -OCH3 is 1. The van der Waals surface area contributed by atoms with Crippen LogP contribution in [0.1, 0.15) is 74.6 Å². The van der Waals surface area contributed by atoms with Crippen LogP contribution in [-0.2, 0) is 16.1 Å². The van der Waals surface area contributed by atoms with Crippen molar-refractivity contribution in [2.75, 3.05) is 26.8 Å². The second-order valence-corrected chi connectivity index (χ2v) is 10.8. The number of benzene rings is 2. The third kappa shape index (κ3) is 7.05. The maximum Gasteiger partial charge on any atom is 0.229 e. The van der Waals surface area contributed by atoms with Gasteiger partial charge >= 0.3 is 0 Å². The molecule has 1 saturated carbocycles. The molecule has 2 fully saturated rings. The molecule has 4 rings (SSSR count). The minimum Gasteiger partial charge on any atom is -0.493 e. The van der Waals surface area contributed by atoms with Crippen LogP contribution in [0.25, 0.3) is 0 Å². The minimum atomic E-state index is -0.126. The van der Waals surface area contributed by atoms with Crippen LogP contribution in [0, 0.1) is 12.8 Å². The molecular weight excluding hydrogens is 488 g/mol. The van der Waals surface area contributed by atoms with E-state index in [-0.39, 0.29) is 31.0 Å². The van der Waals surface area contributed by atoms with E-state index in [0.29, 0.717) is 30.3 Å². The van der Waals surface area contributed by atoms with Gasteiger partial charge in [-0.3, -0.25) is 19.4 Å². The molecule has 0 radical (unpaired) electrons. The van der Waals surface area contributed by atoms with Crippen LogP contribution in [0.15, 0.2) is 36.4 Å². The zero-order valence-electron chi connectivity index (χ0n) is 22.3. The van der Waals surface area contributed by atoms with Crippen molar-refractivity contribution >= 4 is 23.4 Å². The number of likely N-dealkylation sites (tertiary alicyclic amines) is 1. The van der Waals surface area contributed by atoms with Gasteiger partial charge in [-0.15, -0.1) is 0 Å². The lowest BCUT2D eigenvalue weighted by Gasteiger charge is -2.34. The smallest absolute Gasteiger partial charge is 0.229 e. The highest BCUT2D eigenvalue weighted by Gasteiger charge is 2.28. The van der Waals surface area contributed by atoms with E-state index in [9.17, 15) is 9.59 Å². The number of carbonyl (C=O) groups is 2. The molecule has 2 aromatic carbocycles. The van der Waals surface area contributed by atoms with Crippen molar-refractivity contribution in [2.24, 2.45) is 5.92 Å². The van der Waals surface area contributed by atoms with Gasteiger partial charge in [-0.25, -0.2) is 0 Å². The van der Waals surface area contributed by atoms with Crippen LogP contribution in [0.2, 0.25) is 5.02 Å². The largest absolute Gasteiger partial charge is 0.493 e. The van der Waals surface area contributed by atoms with Crippen LogP contribution < -0.4 is 9.47 Å². The van der Waals surface area contributed by atoms with E-state index in [0.717, 1.165) is 29.2 Å². The number of imide groups is 1. The Morgan fingerprint density at radius 3 is 2.43 bits per heavy atom. The molecule has 200 valence electrons. The normalized spacial score (nSPS) is 17.5. The molecule has 2 amide bonds. The Balaban J connectivity index is 1.46. The molecular formula is C30H39ClN2O4. The van der Waals surface area contributed by atoms with Crippen LogP contribution in [0.5, 0.6) is 11.5 Å². The summed E-state index contributed by atoms with van der Waals surface area (Å²) >= 11 is 6.31. The number of hydrogen-bond acceptors (Lipinski definition) is 5. The first-order valence-corrected chi connectivity index (χ1v) is 13.9. The molecule has 1 aliphatic carbocycles. The predicted molar refractivity (Wildman–Crippen MR) is 146 cm³/mol. The van der Waals surface area contributed by atoms with Crippen LogP contribution in [0.3, 0.4) is 0 Å². The van der Waals surface area contributed by atoms with E-state index >= 15 is 0 Å². The molecule has 0 N–H and O–H groups in total. The zero-order chi connectivity index (χ0) is 26.4.